The highest BCUT2D eigenvalue weighted by Gasteiger charge is 2.13. The summed E-state index contributed by atoms with van der Waals surface area (Å²) in [7, 11) is 0. The first kappa shape index (κ1) is 10.8. The van der Waals surface area contributed by atoms with E-state index in [1.165, 1.54) is 29.1 Å². The van der Waals surface area contributed by atoms with Gasteiger partial charge in [-0.1, -0.05) is 0 Å². The molecule has 6 heteroatoms. The Bertz CT molecular complexity index is 535. The molecule has 0 spiro atoms. The maximum atomic E-state index is 12.7. The topological polar surface area (TPSA) is 47.8 Å². The van der Waals surface area contributed by atoms with E-state index in [0.29, 0.717) is 11.4 Å². The summed E-state index contributed by atoms with van der Waals surface area (Å²) in [5.41, 5.74) is 1.10. The van der Waals surface area contributed by atoms with Gasteiger partial charge < -0.3 is 0 Å². The van der Waals surface area contributed by atoms with Crippen LogP contribution in [0, 0.1) is 12.7 Å². The maximum Gasteiger partial charge on any atom is 0.274 e. The number of benzene rings is 1. The fraction of sp³-hybridized carbons (Fsp3) is 0.100. The average molecular weight is 240 g/mol. The standard InChI is InChI=1S/C10H7ClFN3O/c1-6-9(10(11)16)14-15(13-6)8-4-2-7(12)3-5-8/h2-5H,1H3. The molecule has 0 N–H and O–H groups in total. The van der Waals surface area contributed by atoms with Gasteiger partial charge in [0.2, 0.25) is 0 Å². The molecule has 82 valence electrons. The summed E-state index contributed by atoms with van der Waals surface area (Å²) in [5, 5.41) is 7.26. The maximum absolute atomic E-state index is 12.7. The Hall–Kier alpha value is -1.75. The van der Waals surface area contributed by atoms with Crippen molar-refractivity contribution in [3.63, 3.8) is 0 Å². The highest BCUT2D eigenvalue weighted by Crippen LogP contribution is 2.10. The van der Waals surface area contributed by atoms with Crippen LogP contribution in [0.3, 0.4) is 0 Å². The van der Waals surface area contributed by atoms with Crippen molar-refractivity contribution in [2.75, 3.05) is 0 Å². The first-order chi connectivity index (χ1) is 7.58. The van der Waals surface area contributed by atoms with E-state index < -0.39 is 5.24 Å². The third kappa shape index (κ3) is 1.94. The van der Waals surface area contributed by atoms with Crippen LogP contribution in [-0.2, 0) is 0 Å². The van der Waals surface area contributed by atoms with Gasteiger partial charge in [-0.25, -0.2) is 4.39 Å². The highest BCUT2D eigenvalue weighted by atomic mass is 35.5. The summed E-state index contributed by atoms with van der Waals surface area (Å²) < 4.78 is 12.7. The zero-order chi connectivity index (χ0) is 11.7. The third-order valence-electron chi connectivity index (χ3n) is 2.03. The summed E-state index contributed by atoms with van der Waals surface area (Å²) in [6.45, 7) is 1.63. The number of carbonyl (C=O) groups excluding carboxylic acids is 1. The molecular weight excluding hydrogens is 233 g/mol. The molecule has 0 saturated carbocycles. The lowest BCUT2D eigenvalue weighted by molar-refractivity contribution is 0.107. The van der Waals surface area contributed by atoms with Crippen LogP contribution in [0.4, 0.5) is 4.39 Å². The van der Waals surface area contributed by atoms with Gasteiger partial charge in [0.15, 0.2) is 5.69 Å². The Labute approximate surface area is 95.6 Å². The van der Waals surface area contributed by atoms with E-state index >= 15 is 0 Å². The number of aromatic nitrogens is 3. The molecule has 0 amide bonds. The van der Waals surface area contributed by atoms with Crippen molar-refractivity contribution in [2.24, 2.45) is 0 Å². The van der Waals surface area contributed by atoms with Gasteiger partial charge in [0, 0.05) is 0 Å². The van der Waals surface area contributed by atoms with Crippen LogP contribution < -0.4 is 0 Å². The number of aryl methyl sites for hydroxylation is 1. The van der Waals surface area contributed by atoms with E-state index in [1.54, 1.807) is 6.92 Å². The minimum atomic E-state index is -0.661. The number of halogens is 2. The first-order valence-corrected chi connectivity index (χ1v) is 4.85. The second-order valence-electron chi connectivity index (χ2n) is 3.17. The minimum absolute atomic E-state index is 0.103. The van der Waals surface area contributed by atoms with E-state index in [2.05, 4.69) is 10.2 Å². The number of rotatable bonds is 2. The van der Waals surface area contributed by atoms with E-state index in [-0.39, 0.29) is 11.5 Å². The number of carbonyl (C=O) groups is 1. The summed E-state index contributed by atoms with van der Waals surface area (Å²) in [5.74, 6) is -0.346. The van der Waals surface area contributed by atoms with E-state index in [9.17, 15) is 9.18 Å². The molecule has 0 aliphatic rings. The van der Waals surface area contributed by atoms with Crippen molar-refractivity contribution in [1.29, 1.82) is 0 Å². The summed E-state index contributed by atoms with van der Waals surface area (Å²) >= 11 is 5.32. The molecule has 1 aromatic carbocycles. The average Bonchev–Trinajstić information content (AvgIpc) is 2.61. The molecule has 2 aromatic rings. The predicted molar refractivity (Wildman–Crippen MR) is 56.2 cm³/mol. The lowest BCUT2D eigenvalue weighted by Gasteiger charge is -1.97. The minimum Gasteiger partial charge on any atom is -0.274 e. The zero-order valence-corrected chi connectivity index (χ0v) is 9.07. The molecule has 0 aliphatic heterocycles. The van der Waals surface area contributed by atoms with Crippen LogP contribution in [0.5, 0.6) is 0 Å². The third-order valence-corrected chi connectivity index (χ3v) is 2.20. The molecule has 0 aliphatic carbocycles. The van der Waals surface area contributed by atoms with E-state index in [1.807, 2.05) is 0 Å². The molecule has 0 unspecified atom stereocenters. The fourth-order valence-electron chi connectivity index (χ4n) is 1.25. The number of nitrogens with zero attached hydrogens (tertiary/aromatic N) is 3. The lowest BCUT2D eigenvalue weighted by atomic mass is 10.3. The molecular formula is C10H7ClFN3O. The van der Waals surface area contributed by atoms with Gasteiger partial charge in [0.25, 0.3) is 5.24 Å². The van der Waals surface area contributed by atoms with Crippen LogP contribution in [0.15, 0.2) is 24.3 Å². The van der Waals surface area contributed by atoms with E-state index in [0.717, 1.165) is 0 Å². The highest BCUT2D eigenvalue weighted by molar-refractivity contribution is 6.67. The molecule has 1 aromatic heterocycles. The van der Waals surface area contributed by atoms with Gasteiger partial charge in [0.1, 0.15) is 5.82 Å². The molecule has 0 saturated heterocycles. The Morgan fingerprint density at radius 3 is 2.44 bits per heavy atom. The lowest BCUT2D eigenvalue weighted by Crippen LogP contribution is -2.00. The molecule has 0 bridgehead atoms. The van der Waals surface area contributed by atoms with Gasteiger partial charge in [-0.3, -0.25) is 4.79 Å². The van der Waals surface area contributed by atoms with Gasteiger partial charge >= 0.3 is 0 Å². The Morgan fingerprint density at radius 1 is 1.31 bits per heavy atom. The van der Waals surface area contributed by atoms with Crippen molar-refractivity contribution >= 4 is 16.8 Å². The second-order valence-corrected chi connectivity index (χ2v) is 3.52. The first-order valence-electron chi connectivity index (χ1n) is 4.47. The second kappa shape index (κ2) is 4.02. The fourth-order valence-corrected chi connectivity index (χ4v) is 1.42. The van der Waals surface area contributed by atoms with E-state index in [4.69, 9.17) is 11.6 Å². The number of hydrogen-bond acceptors (Lipinski definition) is 3. The molecule has 0 fully saturated rings. The van der Waals surface area contributed by atoms with Crippen molar-refractivity contribution in [2.45, 2.75) is 6.92 Å². The summed E-state index contributed by atoms with van der Waals surface area (Å²) in [4.78, 5) is 12.2. The zero-order valence-electron chi connectivity index (χ0n) is 8.32. The SMILES string of the molecule is Cc1nn(-c2ccc(F)cc2)nc1C(=O)Cl. The molecule has 2 rings (SSSR count). The summed E-state index contributed by atoms with van der Waals surface area (Å²) in [6, 6.07) is 5.60. The van der Waals surface area contributed by atoms with Crippen molar-refractivity contribution in [1.82, 2.24) is 15.0 Å². The normalized spacial score (nSPS) is 10.4. The molecule has 4 nitrogen and oxygen atoms in total. The van der Waals surface area contributed by atoms with Gasteiger partial charge in [-0.2, -0.15) is 9.90 Å². The van der Waals surface area contributed by atoms with Crippen molar-refractivity contribution < 1.29 is 9.18 Å². The largest absolute Gasteiger partial charge is 0.274 e. The quantitative estimate of drug-likeness (QED) is 0.754. The Kier molecular flexibility index (Phi) is 2.70. The Morgan fingerprint density at radius 2 is 1.94 bits per heavy atom. The molecule has 1 heterocycles. The Balaban J connectivity index is 2.45. The van der Waals surface area contributed by atoms with Gasteiger partial charge in [0.05, 0.1) is 11.4 Å². The monoisotopic (exact) mass is 239 g/mol. The van der Waals surface area contributed by atoms with Gasteiger partial charge in [-0.15, -0.1) is 5.10 Å². The van der Waals surface area contributed by atoms with Crippen LogP contribution >= 0.6 is 11.6 Å². The molecule has 0 radical (unpaired) electrons. The van der Waals surface area contributed by atoms with Crippen molar-refractivity contribution in [3.05, 3.63) is 41.5 Å². The van der Waals surface area contributed by atoms with Crippen LogP contribution in [0.1, 0.15) is 16.2 Å². The number of hydrogen-bond donors (Lipinski definition) is 0. The summed E-state index contributed by atoms with van der Waals surface area (Å²) in [6.07, 6.45) is 0. The van der Waals surface area contributed by atoms with Crippen LogP contribution in [-0.4, -0.2) is 20.2 Å². The molecule has 0 atom stereocenters. The van der Waals surface area contributed by atoms with Crippen molar-refractivity contribution in [3.8, 4) is 5.69 Å². The predicted octanol–water partition coefficient (Wildman–Crippen LogP) is 2.09. The molecule has 16 heavy (non-hydrogen) atoms. The van der Waals surface area contributed by atoms with Gasteiger partial charge in [-0.05, 0) is 42.8 Å². The van der Waals surface area contributed by atoms with Crippen LogP contribution in [0.2, 0.25) is 0 Å². The van der Waals surface area contributed by atoms with Crippen LogP contribution in [0.25, 0.3) is 5.69 Å². The smallest absolute Gasteiger partial charge is 0.274 e.